The van der Waals surface area contributed by atoms with E-state index >= 15 is 0 Å². The van der Waals surface area contributed by atoms with Gasteiger partial charge in [0.15, 0.2) is 8.07 Å². The van der Waals surface area contributed by atoms with Crippen molar-refractivity contribution in [1.82, 2.24) is 0 Å². The Bertz CT molecular complexity index is 3200. The summed E-state index contributed by atoms with van der Waals surface area (Å²) in [5, 5.41) is 7.76. The van der Waals surface area contributed by atoms with E-state index < -0.39 is 8.07 Å². The normalized spacial score (nSPS) is 12.7. The summed E-state index contributed by atoms with van der Waals surface area (Å²) in [4.78, 5) is 4.82. The van der Waals surface area contributed by atoms with E-state index in [-0.39, 0.29) is 5.41 Å². The van der Waals surface area contributed by atoms with E-state index in [9.17, 15) is 0 Å². The van der Waals surface area contributed by atoms with Gasteiger partial charge >= 0.3 is 0 Å². The molecule has 0 heterocycles. The first-order chi connectivity index (χ1) is 31.5. The molecule has 3 heteroatoms. The highest BCUT2D eigenvalue weighted by Crippen LogP contribution is 2.50. The molecule has 0 radical (unpaired) electrons. The zero-order valence-corrected chi connectivity index (χ0v) is 37.1. The molecule has 10 aromatic rings. The van der Waals surface area contributed by atoms with Crippen molar-refractivity contribution >= 4 is 73.7 Å². The maximum atomic E-state index is 2.48. The fourth-order valence-corrected chi connectivity index (χ4v) is 15.1. The van der Waals surface area contributed by atoms with E-state index in [0.29, 0.717) is 0 Å². The second kappa shape index (κ2) is 16.2. The van der Waals surface area contributed by atoms with E-state index in [1.165, 1.54) is 53.8 Å². The molecule has 64 heavy (non-hydrogen) atoms. The quantitative estimate of drug-likeness (QED) is 0.100. The Kier molecular flexibility index (Phi) is 9.91. The molecule has 0 unspecified atom stereocenters. The van der Waals surface area contributed by atoms with Crippen molar-refractivity contribution in [1.29, 1.82) is 0 Å². The minimum absolute atomic E-state index is 0.0678. The molecule has 306 valence electrons. The molecule has 2 nitrogen and oxygen atoms in total. The van der Waals surface area contributed by atoms with Gasteiger partial charge in [0, 0.05) is 39.5 Å². The predicted octanol–water partition coefficient (Wildman–Crippen LogP) is 13.5. The van der Waals surface area contributed by atoms with Crippen LogP contribution in [0.1, 0.15) is 25.0 Å². The van der Waals surface area contributed by atoms with Crippen LogP contribution in [0.25, 0.3) is 21.9 Å². The molecule has 0 aliphatic heterocycles. The zero-order chi connectivity index (χ0) is 43.1. The molecule has 0 saturated carbocycles. The second-order valence-corrected chi connectivity index (χ2v) is 21.2. The lowest BCUT2D eigenvalue weighted by atomic mass is 9.82. The molecule has 11 rings (SSSR count). The lowest BCUT2D eigenvalue weighted by Crippen LogP contribution is -2.74. The molecule has 0 bridgehead atoms. The molecule has 0 fully saturated rings. The van der Waals surface area contributed by atoms with Gasteiger partial charge in [0.25, 0.3) is 0 Å². The molecule has 0 N–H and O–H groups in total. The minimum atomic E-state index is -2.96. The molecule has 0 spiro atoms. The van der Waals surface area contributed by atoms with Gasteiger partial charge in [-0.2, -0.15) is 0 Å². The van der Waals surface area contributed by atoms with Crippen LogP contribution in [0.5, 0.6) is 0 Å². The van der Waals surface area contributed by atoms with Crippen molar-refractivity contribution in [3.05, 3.63) is 266 Å². The van der Waals surface area contributed by atoms with Gasteiger partial charge in [0.1, 0.15) is 0 Å². The highest BCUT2D eigenvalue weighted by Gasteiger charge is 2.42. The largest absolute Gasteiger partial charge is 0.310 e. The van der Waals surface area contributed by atoms with Crippen LogP contribution in [-0.2, 0) is 5.41 Å². The molecular formula is C61H48N2Si. The number of hydrogen-bond acceptors (Lipinski definition) is 2. The standard InChI is InChI=1S/C61H48N2Si/c1-61(2)59-33-18-17-32-57(59)58-44-52(38-41-60(58)61)63(48-24-9-4-10-25-48)50-26-19-31-56(43-50)64(53-27-11-5-12-28-53,54-29-13-6-14-30-54)55-39-36-49(37-40-55)62(47-22-7-3-8-23-47)51-35-34-45-20-15-16-21-46(45)42-51/h3-44H,1-2H3. The van der Waals surface area contributed by atoms with Crippen LogP contribution in [0.2, 0.25) is 0 Å². The summed E-state index contributed by atoms with van der Waals surface area (Å²) < 4.78 is 0. The summed E-state index contributed by atoms with van der Waals surface area (Å²) >= 11 is 0. The third-order valence-electron chi connectivity index (χ3n) is 13.4. The van der Waals surface area contributed by atoms with E-state index in [2.05, 4.69) is 278 Å². The molecule has 0 saturated heterocycles. The minimum Gasteiger partial charge on any atom is -0.310 e. The van der Waals surface area contributed by atoms with Crippen molar-refractivity contribution in [3.8, 4) is 11.1 Å². The van der Waals surface area contributed by atoms with E-state index in [4.69, 9.17) is 0 Å². The Hall–Kier alpha value is -7.72. The number of anilines is 6. The molecule has 0 atom stereocenters. The van der Waals surface area contributed by atoms with E-state index in [1.54, 1.807) is 0 Å². The fraction of sp³-hybridized carbons (Fsp3) is 0.0492. The Morgan fingerprint density at radius 2 is 0.703 bits per heavy atom. The first-order valence-corrected chi connectivity index (χ1v) is 24.3. The van der Waals surface area contributed by atoms with Crippen LogP contribution < -0.4 is 30.5 Å². The van der Waals surface area contributed by atoms with Crippen LogP contribution in [0.3, 0.4) is 0 Å². The van der Waals surface area contributed by atoms with Gasteiger partial charge in [-0.25, -0.2) is 0 Å². The van der Waals surface area contributed by atoms with Gasteiger partial charge in [-0.1, -0.05) is 196 Å². The van der Waals surface area contributed by atoms with Gasteiger partial charge in [0.05, 0.1) is 0 Å². The zero-order valence-electron chi connectivity index (χ0n) is 36.1. The summed E-state index contributed by atoms with van der Waals surface area (Å²) in [6.45, 7) is 4.70. The second-order valence-electron chi connectivity index (χ2n) is 17.4. The molecule has 1 aliphatic carbocycles. The summed E-state index contributed by atoms with van der Waals surface area (Å²) in [6, 6.07) is 94.2. The molecule has 10 aromatic carbocycles. The topological polar surface area (TPSA) is 6.48 Å². The van der Waals surface area contributed by atoms with Crippen molar-refractivity contribution in [2.75, 3.05) is 9.80 Å². The number of rotatable bonds is 10. The van der Waals surface area contributed by atoms with Gasteiger partial charge < -0.3 is 9.80 Å². The third kappa shape index (κ3) is 6.64. The first-order valence-electron chi connectivity index (χ1n) is 22.3. The lowest BCUT2D eigenvalue weighted by molar-refractivity contribution is 0.660. The highest BCUT2D eigenvalue weighted by atomic mass is 28.3. The Morgan fingerprint density at radius 1 is 0.281 bits per heavy atom. The fourth-order valence-electron chi connectivity index (χ4n) is 10.3. The molecular weight excluding hydrogens is 789 g/mol. The lowest BCUT2D eigenvalue weighted by Gasteiger charge is -2.36. The van der Waals surface area contributed by atoms with Gasteiger partial charge in [-0.05, 0) is 127 Å². The summed E-state index contributed by atoms with van der Waals surface area (Å²) in [5.74, 6) is 0. The maximum absolute atomic E-state index is 2.96. The summed E-state index contributed by atoms with van der Waals surface area (Å²) in [7, 11) is -2.96. The smallest absolute Gasteiger partial charge is 0.179 e. The Morgan fingerprint density at radius 3 is 1.36 bits per heavy atom. The number of fused-ring (bicyclic) bond motifs is 4. The van der Waals surface area contributed by atoms with Crippen molar-refractivity contribution in [3.63, 3.8) is 0 Å². The van der Waals surface area contributed by atoms with Crippen LogP contribution >= 0.6 is 0 Å². The SMILES string of the molecule is CC1(C)c2ccccc2-c2cc(N(c3ccccc3)c3cccc([Si](c4ccccc4)(c4ccccc4)c4ccc(N(c5ccccc5)c5ccc6ccccc6c5)cc4)c3)ccc21. The van der Waals surface area contributed by atoms with Crippen molar-refractivity contribution in [2.45, 2.75) is 19.3 Å². The average Bonchev–Trinajstić information content (AvgIpc) is 3.59. The van der Waals surface area contributed by atoms with Gasteiger partial charge in [-0.3, -0.25) is 0 Å². The highest BCUT2D eigenvalue weighted by molar-refractivity contribution is 7.20. The first kappa shape index (κ1) is 39.1. The molecule has 0 aromatic heterocycles. The average molecular weight is 837 g/mol. The number of nitrogens with zero attached hydrogens (tertiary/aromatic N) is 2. The molecule has 0 amide bonds. The number of hydrogen-bond donors (Lipinski definition) is 0. The van der Waals surface area contributed by atoms with Gasteiger partial charge in [0.2, 0.25) is 0 Å². The van der Waals surface area contributed by atoms with Crippen LogP contribution in [0.15, 0.2) is 255 Å². The summed E-state index contributed by atoms with van der Waals surface area (Å²) in [5.41, 5.74) is 12.0. The van der Waals surface area contributed by atoms with E-state index in [0.717, 1.165) is 34.1 Å². The Labute approximate surface area is 378 Å². The summed E-state index contributed by atoms with van der Waals surface area (Å²) in [6.07, 6.45) is 0. The Balaban J connectivity index is 1.10. The number of benzene rings is 10. The molecule has 1 aliphatic rings. The number of para-hydroxylation sites is 2. The predicted molar refractivity (Wildman–Crippen MR) is 274 cm³/mol. The van der Waals surface area contributed by atoms with Gasteiger partial charge in [-0.15, -0.1) is 0 Å². The maximum Gasteiger partial charge on any atom is 0.179 e. The van der Waals surface area contributed by atoms with Crippen LogP contribution in [-0.4, -0.2) is 8.07 Å². The van der Waals surface area contributed by atoms with Crippen LogP contribution in [0, 0.1) is 0 Å². The monoisotopic (exact) mass is 836 g/mol. The van der Waals surface area contributed by atoms with E-state index in [1.807, 2.05) is 0 Å². The third-order valence-corrected chi connectivity index (χ3v) is 18.1. The van der Waals surface area contributed by atoms with Crippen molar-refractivity contribution in [2.24, 2.45) is 0 Å². The van der Waals surface area contributed by atoms with Crippen LogP contribution in [0.4, 0.5) is 34.1 Å². The van der Waals surface area contributed by atoms with Crippen molar-refractivity contribution < 1.29 is 0 Å².